The monoisotopic (exact) mass is 311 g/mol. The smallest absolute Gasteiger partial charge is 0.142 e. The summed E-state index contributed by atoms with van der Waals surface area (Å²) >= 11 is 6.50. The molecular formula is C19H18ClNO. The Balaban J connectivity index is 1.87. The first kappa shape index (κ1) is 13.7. The average molecular weight is 312 g/mol. The fourth-order valence-corrected chi connectivity index (χ4v) is 4.08. The molecule has 0 spiro atoms. The van der Waals surface area contributed by atoms with Gasteiger partial charge in [-0.05, 0) is 30.0 Å². The Hall–Kier alpha value is -1.93. The quantitative estimate of drug-likeness (QED) is 0.772. The summed E-state index contributed by atoms with van der Waals surface area (Å²) in [6, 6.07) is 14.8. The second kappa shape index (κ2) is 5.36. The van der Waals surface area contributed by atoms with Crippen molar-refractivity contribution in [2.75, 3.05) is 12.4 Å². The number of methoxy groups -OCH3 is 1. The molecule has 0 saturated heterocycles. The van der Waals surface area contributed by atoms with E-state index in [1.807, 2.05) is 12.1 Å². The summed E-state index contributed by atoms with van der Waals surface area (Å²) in [5.41, 5.74) is 3.53. The molecule has 2 aromatic rings. The van der Waals surface area contributed by atoms with E-state index in [1.165, 1.54) is 11.1 Å². The van der Waals surface area contributed by atoms with E-state index in [2.05, 4.69) is 47.8 Å². The third kappa shape index (κ3) is 2.02. The molecule has 3 atom stereocenters. The molecule has 1 aliphatic heterocycles. The van der Waals surface area contributed by atoms with Crippen molar-refractivity contribution in [1.82, 2.24) is 0 Å². The molecule has 0 amide bonds. The molecule has 4 rings (SSSR count). The van der Waals surface area contributed by atoms with E-state index in [1.54, 1.807) is 7.11 Å². The van der Waals surface area contributed by atoms with Crippen LogP contribution in [0, 0.1) is 5.92 Å². The van der Waals surface area contributed by atoms with Gasteiger partial charge in [0, 0.05) is 16.5 Å². The van der Waals surface area contributed by atoms with Gasteiger partial charge in [-0.2, -0.15) is 0 Å². The Morgan fingerprint density at radius 3 is 2.73 bits per heavy atom. The molecule has 3 heteroatoms. The lowest BCUT2D eigenvalue weighted by Gasteiger charge is -2.38. The fraction of sp³-hybridized carbons (Fsp3) is 0.263. The van der Waals surface area contributed by atoms with Gasteiger partial charge in [-0.1, -0.05) is 54.1 Å². The lowest BCUT2D eigenvalue weighted by atomic mass is 9.77. The van der Waals surface area contributed by atoms with Crippen molar-refractivity contribution in [1.29, 1.82) is 0 Å². The molecule has 0 radical (unpaired) electrons. The summed E-state index contributed by atoms with van der Waals surface area (Å²) < 4.78 is 5.56. The van der Waals surface area contributed by atoms with Gasteiger partial charge in [0.15, 0.2) is 0 Å². The number of hydrogen-bond donors (Lipinski definition) is 1. The van der Waals surface area contributed by atoms with Crippen LogP contribution in [0.3, 0.4) is 0 Å². The number of rotatable bonds is 2. The predicted octanol–water partition coefficient (Wildman–Crippen LogP) is 5.18. The largest absolute Gasteiger partial charge is 0.495 e. The Labute approximate surface area is 135 Å². The molecule has 0 unspecified atom stereocenters. The van der Waals surface area contributed by atoms with Crippen LogP contribution in [0.15, 0.2) is 54.6 Å². The summed E-state index contributed by atoms with van der Waals surface area (Å²) in [4.78, 5) is 0. The minimum atomic E-state index is 0.279. The van der Waals surface area contributed by atoms with Crippen molar-refractivity contribution in [3.8, 4) is 5.75 Å². The Bertz CT molecular complexity index is 726. The molecular weight excluding hydrogens is 294 g/mol. The first-order valence-corrected chi connectivity index (χ1v) is 8.02. The molecule has 0 saturated carbocycles. The van der Waals surface area contributed by atoms with E-state index in [9.17, 15) is 0 Å². The maximum Gasteiger partial charge on any atom is 0.142 e. The van der Waals surface area contributed by atoms with Crippen molar-refractivity contribution in [3.63, 3.8) is 0 Å². The average Bonchev–Trinajstić information content (AvgIpc) is 3.04. The van der Waals surface area contributed by atoms with Crippen LogP contribution in [0.4, 0.5) is 5.69 Å². The van der Waals surface area contributed by atoms with Crippen LogP contribution in [0.25, 0.3) is 0 Å². The van der Waals surface area contributed by atoms with E-state index in [4.69, 9.17) is 16.3 Å². The number of benzene rings is 2. The lowest BCUT2D eigenvalue weighted by molar-refractivity contribution is 0.397. The second-order valence-electron chi connectivity index (χ2n) is 5.92. The molecule has 1 heterocycles. The zero-order chi connectivity index (χ0) is 15.1. The minimum Gasteiger partial charge on any atom is -0.495 e. The van der Waals surface area contributed by atoms with E-state index in [0.29, 0.717) is 11.8 Å². The highest BCUT2D eigenvalue weighted by Gasteiger charge is 2.40. The van der Waals surface area contributed by atoms with Crippen molar-refractivity contribution in [2.24, 2.45) is 5.92 Å². The maximum absolute atomic E-state index is 6.50. The molecule has 2 aromatic carbocycles. The van der Waals surface area contributed by atoms with Gasteiger partial charge in [-0.25, -0.2) is 0 Å². The minimum absolute atomic E-state index is 0.279. The Morgan fingerprint density at radius 2 is 1.95 bits per heavy atom. The van der Waals surface area contributed by atoms with Gasteiger partial charge >= 0.3 is 0 Å². The zero-order valence-corrected chi connectivity index (χ0v) is 13.2. The van der Waals surface area contributed by atoms with Crippen LogP contribution < -0.4 is 10.1 Å². The summed E-state index contributed by atoms with van der Waals surface area (Å²) in [6.45, 7) is 0. The van der Waals surface area contributed by atoms with Gasteiger partial charge < -0.3 is 10.1 Å². The van der Waals surface area contributed by atoms with Crippen LogP contribution >= 0.6 is 11.6 Å². The third-order valence-electron chi connectivity index (χ3n) is 4.81. The van der Waals surface area contributed by atoms with Crippen LogP contribution in [0.1, 0.15) is 29.5 Å². The van der Waals surface area contributed by atoms with Gasteiger partial charge in [0.05, 0.1) is 18.8 Å². The normalized spacial score (nSPS) is 25.3. The van der Waals surface area contributed by atoms with Gasteiger partial charge in [0.25, 0.3) is 0 Å². The fourth-order valence-electron chi connectivity index (χ4n) is 3.80. The molecule has 112 valence electrons. The van der Waals surface area contributed by atoms with Crippen LogP contribution in [-0.2, 0) is 0 Å². The van der Waals surface area contributed by atoms with Crippen LogP contribution in [0.5, 0.6) is 5.75 Å². The molecule has 0 fully saturated rings. The van der Waals surface area contributed by atoms with Gasteiger partial charge in [0.1, 0.15) is 5.75 Å². The molecule has 0 bridgehead atoms. The van der Waals surface area contributed by atoms with E-state index >= 15 is 0 Å². The van der Waals surface area contributed by atoms with E-state index in [-0.39, 0.29) is 6.04 Å². The molecule has 22 heavy (non-hydrogen) atoms. The highest BCUT2D eigenvalue weighted by atomic mass is 35.5. The van der Waals surface area contributed by atoms with E-state index < -0.39 is 0 Å². The first-order chi connectivity index (χ1) is 10.8. The highest BCUT2D eigenvalue weighted by molar-refractivity contribution is 6.32. The van der Waals surface area contributed by atoms with Crippen LogP contribution in [0.2, 0.25) is 5.02 Å². The van der Waals surface area contributed by atoms with Gasteiger partial charge in [0.2, 0.25) is 0 Å². The molecule has 0 aromatic heterocycles. The standard InChI is InChI=1S/C19H18ClNO/c1-22-16-11-10-15(20)17-13-8-5-9-14(13)18(21-19(16)17)12-6-3-2-4-7-12/h2-8,10-11,13-14,18,21H,9H2,1H3/t13-,14-,18-/m1/s1. The topological polar surface area (TPSA) is 21.3 Å². The number of hydrogen-bond acceptors (Lipinski definition) is 2. The lowest BCUT2D eigenvalue weighted by Crippen LogP contribution is -2.29. The van der Waals surface area contributed by atoms with E-state index in [0.717, 1.165) is 22.9 Å². The summed E-state index contributed by atoms with van der Waals surface area (Å²) in [7, 11) is 1.71. The van der Waals surface area contributed by atoms with Crippen molar-refractivity contribution in [2.45, 2.75) is 18.4 Å². The number of anilines is 1. The predicted molar refractivity (Wildman–Crippen MR) is 90.8 cm³/mol. The molecule has 2 aliphatic rings. The van der Waals surface area contributed by atoms with Crippen molar-refractivity contribution < 1.29 is 4.74 Å². The number of nitrogens with one attached hydrogen (secondary N) is 1. The SMILES string of the molecule is COc1ccc(Cl)c2c1N[C@H](c1ccccc1)[C@@H]1CC=C[C@@H]21. The number of allylic oxidation sites excluding steroid dienone is 2. The number of fused-ring (bicyclic) bond motifs is 3. The highest BCUT2D eigenvalue weighted by Crippen LogP contribution is 2.54. The third-order valence-corrected chi connectivity index (χ3v) is 5.14. The second-order valence-corrected chi connectivity index (χ2v) is 6.33. The molecule has 2 nitrogen and oxygen atoms in total. The first-order valence-electron chi connectivity index (χ1n) is 7.64. The number of halogens is 1. The zero-order valence-electron chi connectivity index (χ0n) is 12.4. The van der Waals surface area contributed by atoms with Gasteiger partial charge in [-0.15, -0.1) is 0 Å². The molecule has 1 N–H and O–H groups in total. The number of ether oxygens (including phenoxy) is 1. The maximum atomic E-state index is 6.50. The van der Waals surface area contributed by atoms with Crippen molar-refractivity contribution >= 4 is 17.3 Å². The Morgan fingerprint density at radius 1 is 1.14 bits per heavy atom. The summed E-state index contributed by atoms with van der Waals surface area (Å²) in [6.07, 6.45) is 5.65. The Kier molecular flexibility index (Phi) is 3.34. The summed E-state index contributed by atoms with van der Waals surface area (Å²) in [5.74, 6) is 1.71. The van der Waals surface area contributed by atoms with Crippen molar-refractivity contribution in [3.05, 3.63) is 70.8 Å². The van der Waals surface area contributed by atoms with Gasteiger partial charge in [-0.3, -0.25) is 0 Å². The molecule has 1 aliphatic carbocycles. The van der Waals surface area contributed by atoms with Crippen LogP contribution in [-0.4, -0.2) is 7.11 Å². The summed E-state index contributed by atoms with van der Waals surface area (Å²) in [5, 5.41) is 4.51.